The molecular weight excluding hydrogens is 1240 g/mol. The normalized spacial score (nSPS) is 11.5. The molecule has 0 aliphatic rings. The van der Waals surface area contributed by atoms with Crippen molar-refractivity contribution in [2.24, 2.45) is 15.3 Å². The van der Waals surface area contributed by atoms with E-state index in [-0.39, 0.29) is 241 Å². The summed E-state index contributed by atoms with van der Waals surface area (Å²) in [5.41, 5.74) is 25.0. The van der Waals surface area contributed by atoms with Crippen molar-refractivity contribution in [3.05, 3.63) is 60.4 Å². The summed E-state index contributed by atoms with van der Waals surface area (Å²) in [6.45, 7) is 4.02. The fourth-order valence-electron chi connectivity index (χ4n) is 7.26. The molecule has 0 radical (unpaired) electrons. The third kappa shape index (κ3) is 45.0. The van der Waals surface area contributed by atoms with Gasteiger partial charge >= 0.3 is 5.97 Å². The third-order valence-corrected chi connectivity index (χ3v) is 11.9. The molecule has 0 aliphatic heterocycles. The zero-order valence-corrected chi connectivity index (χ0v) is 51.5. The van der Waals surface area contributed by atoms with Crippen LogP contribution in [0.4, 0.5) is 22.0 Å². The van der Waals surface area contributed by atoms with Crippen LogP contribution >= 0.6 is 0 Å². The maximum atomic E-state index is 14.1. The minimum atomic E-state index is -2.40. The van der Waals surface area contributed by atoms with Crippen LogP contribution in [-0.4, -0.2) is 231 Å². The lowest BCUT2D eigenvalue weighted by molar-refractivity contribution is -0.136. The number of hydrogen-bond donors (Lipinski definition) is 6. The van der Waals surface area contributed by atoms with E-state index in [0.29, 0.717) is 25.7 Å². The third-order valence-electron chi connectivity index (χ3n) is 11.9. The SMILES string of the molecule is [N-]=[N+]=NCCOCCOCCC(=O)NCCCC[C@H](NC(=O)CCCNC(=O)CCOCCOCCN=[N+]=[N-])C(=O)N[C@@H](CCCCNC(=O)CCOCCOCCN=[N+]=[N-])C(=O)NCCOCCOCCOCCOCCC(=O)Oc1c(F)c(F)c(F)c(F)c1F. The monoisotopic (exact) mass is 1330 g/mol. The Balaban J connectivity index is 2.79. The van der Waals surface area contributed by atoms with E-state index in [9.17, 15) is 55.5 Å². The zero-order valence-electron chi connectivity index (χ0n) is 51.5. The molecule has 0 bridgehead atoms. The van der Waals surface area contributed by atoms with E-state index < -0.39 is 77.0 Å². The van der Waals surface area contributed by atoms with Gasteiger partial charge in [0.25, 0.3) is 0 Å². The Morgan fingerprint density at radius 2 is 0.685 bits per heavy atom. The molecule has 0 saturated heterocycles. The summed E-state index contributed by atoms with van der Waals surface area (Å²) in [6, 6.07) is -2.22. The number of nitrogens with one attached hydrogen (secondary N) is 6. The minimum Gasteiger partial charge on any atom is -0.420 e. The van der Waals surface area contributed by atoms with Gasteiger partial charge in [-0.3, -0.25) is 33.6 Å². The summed E-state index contributed by atoms with van der Waals surface area (Å²) in [4.78, 5) is 98.1. The Morgan fingerprint density at radius 3 is 1.09 bits per heavy atom. The number of hydrogen-bond acceptors (Lipinski definition) is 21. The van der Waals surface area contributed by atoms with Crippen molar-refractivity contribution in [3.8, 4) is 5.75 Å². The molecule has 1 aromatic rings. The van der Waals surface area contributed by atoms with Gasteiger partial charge in [-0.05, 0) is 61.5 Å². The van der Waals surface area contributed by atoms with E-state index in [1.54, 1.807) is 0 Å². The number of rotatable bonds is 61. The van der Waals surface area contributed by atoms with Gasteiger partial charge in [0.15, 0.2) is 0 Å². The first-order valence-electron chi connectivity index (χ1n) is 29.9. The van der Waals surface area contributed by atoms with Gasteiger partial charge in [0.05, 0.1) is 139 Å². The summed E-state index contributed by atoms with van der Waals surface area (Å²) < 4.78 is 125. The highest BCUT2D eigenvalue weighted by Crippen LogP contribution is 2.29. The van der Waals surface area contributed by atoms with E-state index in [2.05, 4.69) is 66.7 Å². The average Bonchev–Trinajstić information content (AvgIpc) is 1.15. The molecule has 520 valence electrons. The molecule has 0 heterocycles. The lowest BCUT2D eigenvalue weighted by Gasteiger charge is -2.23. The van der Waals surface area contributed by atoms with Gasteiger partial charge in [-0.1, -0.05) is 15.3 Å². The summed E-state index contributed by atoms with van der Waals surface area (Å²) in [5.74, 6) is -17.1. The van der Waals surface area contributed by atoms with Gasteiger partial charge in [-0.2, -0.15) is 8.78 Å². The minimum absolute atomic E-state index is 0.0233. The van der Waals surface area contributed by atoms with Crippen LogP contribution in [0.2, 0.25) is 0 Å². The number of unbranched alkanes of at least 4 members (excludes halogenated alkanes) is 2. The molecule has 33 nitrogen and oxygen atoms in total. The molecule has 0 saturated carbocycles. The van der Waals surface area contributed by atoms with Crippen LogP contribution in [0.5, 0.6) is 5.75 Å². The molecule has 38 heteroatoms. The van der Waals surface area contributed by atoms with Crippen molar-refractivity contribution in [1.29, 1.82) is 0 Å². The Morgan fingerprint density at radius 1 is 0.348 bits per heavy atom. The van der Waals surface area contributed by atoms with Crippen LogP contribution in [0.25, 0.3) is 31.3 Å². The molecule has 0 aliphatic carbocycles. The average molecular weight is 1330 g/mol. The number of esters is 1. The molecule has 1 rings (SSSR count). The number of nitrogens with zero attached hydrogens (tertiary/aromatic N) is 9. The predicted molar refractivity (Wildman–Crippen MR) is 313 cm³/mol. The first kappa shape index (κ1) is 82.7. The van der Waals surface area contributed by atoms with Gasteiger partial charge in [0.2, 0.25) is 70.3 Å². The molecule has 2 atom stereocenters. The number of carbonyl (C=O) groups is 7. The molecule has 0 fully saturated rings. The predicted octanol–water partition coefficient (Wildman–Crippen LogP) is 3.50. The van der Waals surface area contributed by atoms with Gasteiger partial charge in [0, 0.05) is 86.2 Å². The number of ether oxygens (including phenoxy) is 11. The van der Waals surface area contributed by atoms with Crippen molar-refractivity contribution < 1.29 is 108 Å². The van der Waals surface area contributed by atoms with Crippen molar-refractivity contribution in [2.45, 2.75) is 89.1 Å². The Hall–Kier alpha value is -7.31. The second-order valence-corrected chi connectivity index (χ2v) is 19.0. The molecule has 6 amide bonds. The van der Waals surface area contributed by atoms with E-state index in [1.807, 2.05) is 0 Å². The maximum Gasteiger partial charge on any atom is 0.313 e. The number of amides is 6. The molecular formula is C54H86F5N15O18. The molecule has 0 spiro atoms. The van der Waals surface area contributed by atoms with E-state index in [4.69, 9.17) is 64.0 Å². The molecule has 1 aromatic carbocycles. The Bertz CT molecular complexity index is 2410. The molecule has 0 unspecified atom stereocenters. The molecule has 6 N–H and O–H groups in total. The van der Waals surface area contributed by atoms with E-state index in [1.165, 1.54) is 0 Å². The fourth-order valence-corrected chi connectivity index (χ4v) is 7.26. The van der Waals surface area contributed by atoms with Crippen molar-refractivity contribution in [3.63, 3.8) is 0 Å². The first-order chi connectivity index (χ1) is 44.7. The van der Waals surface area contributed by atoms with Gasteiger partial charge in [-0.25, -0.2) is 13.2 Å². The van der Waals surface area contributed by atoms with Crippen molar-refractivity contribution >= 4 is 41.4 Å². The molecule has 92 heavy (non-hydrogen) atoms. The standard InChI is InChI=1S/C54H86F5N15O18/c55-47-48(56)50(58)52(51(59)49(47)57)92-46(79)12-23-85-31-36-90-38-39-91-37-35-86-24-16-66-53(80)40(6-1-3-13-63-42(75)9-20-82-28-32-87-25-17-67-72-60)71-54(81)41(7-2-4-14-64-43(76)10-21-83-29-33-88-26-18-68-73-61)70-45(78)8-5-15-65-44(77)11-22-84-30-34-89-27-19-69-74-62/h40-41H,1-39H2,(H,63,75)(H,64,76)(H,65,77)(H,66,80)(H,70,78)(H,71,81)/t40-,41-/m0/s1. The number of carbonyl (C=O) groups excluding carboxylic acids is 7. The Kier molecular flexibility index (Phi) is 51.8. The highest BCUT2D eigenvalue weighted by molar-refractivity contribution is 5.92. The summed E-state index contributed by atoms with van der Waals surface area (Å²) in [5, 5.41) is 26.6. The van der Waals surface area contributed by atoms with Gasteiger partial charge in [-0.15, -0.1) is 0 Å². The van der Waals surface area contributed by atoms with Crippen molar-refractivity contribution in [2.75, 3.05) is 178 Å². The first-order valence-corrected chi connectivity index (χ1v) is 29.9. The van der Waals surface area contributed by atoms with E-state index >= 15 is 0 Å². The second kappa shape index (κ2) is 57.6. The van der Waals surface area contributed by atoms with Crippen LogP contribution in [0.15, 0.2) is 15.3 Å². The smallest absolute Gasteiger partial charge is 0.313 e. The topological polar surface area (TPSA) is 439 Å². The largest absolute Gasteiger partial charge is 0.420 e. The Labute approximate surface area is 528 Å². The highest BCUT2D eigenvalue weighted by atomic mass is 19.2. The zero-order chi connectivity index (χ0) is 67.5. The summed E-state index contributed by atoms with van der Waals surface area (Å²) in [7, 11) is 0. The summed E-state index contributed by atoms with van der Waals surface area (Å²) in [6.07, 6.45) is 1.59. The van der Waals surface area contributed by atoms with Crippen LogP contribution < -0.4 is 36.6 Å². The van der Waals surface area contributed by atoms with E-state index in [0.717, 1.165) is 0 Å². The number of halogens is 5. The molecule has 0 aromatic heterocycles. The van der Waals surface area contributed by atoms with Crippen molar-refractivity contribution in [1.82, 2.24) is 31.9 Å². The van der Waals surface area contributed by atoms with Crippen LogP contribution in [0.1, 0.15) is 77.0 Å². The van der Waals surface area contributed by atoms with Crippen LogP contribution in [-0.2, 0) is 80.9 Å². The quantitative estimate of drug-likeness (QED) is 0.00625. The number of azide groups is 3. The lowest BCUT2D eigenvalue weighted by Crippen LogP contribution is -2.54. The highest BCUT2D eigenvalue weighted by Gasteiger charge is 2.29. The number of benzene rings is 1. The maximum absolute atomic E-state index is 14.1. The second-order valence-electron chi connectivity index (χ2n) is 19.0. The fraction of sp³-hybridized carbons (Fsp3) is 0.759. The van der Waals surface area contributed by atoms with Gasteiger partial charge in [0.1, 0.15) is 12.1 Å². The van der Waals surface area contributed by atoms with Crippen LogP contribution in [0.3, 0.4) is 0 Å². The lowest BCUT2D eigenvalue weighted by atomic mass is 10.0. The summed E-state index contributed by atoms with van der Waals surface area (Å²) >= 11 is 0. The van der Waals surface area contributed by atoms with Crippen LogP contribution in [0, 0.1) is 29.1 Å². The van der Waals surface area contributed by atoms with Gasteiger partial charge < -0.3 is 84.0 Å².